The molecule has 0 aromatic rings. The molecule has 1 heterocycles. The summed E-state index contributed by atoms with van der Waals surface area (Å²) in [6, 6.07) is -0.899. The van der Waals surface area contributed by atoms with Crippen molar-refractivity contribution in [3.63, 3.8) is 0 Å². The molecule has 0 unspecified atom stereocenters. The van der Waals surface area contributed by atoms with Gasteiger partial charge in [0.25, 0.3) is 0 Å². The van der Waals surface area contributed by atoms with Crippen LogP contribution in [0.2, 0.25) is 0 Å². The first-order chi connectivity index (χ1) is 5.52. The molecule has 1 aliphatic heterocycles. The van der Waals surface area contributed by atoms with Gasteiger partial charge < -0.3 is 10.0 Å². The van der Waals surface area contributed by atoms with Crippen molar-refractivity contribution in [2.24, 2.45) is 0 Å². The third-order valence-electron chi connectivity index (χ3n) is 1.84. The summed E-state index contributed by atoms with van der Waals surface area (Å²) >= 11 is 0. The molecule has 0 aromatic heterocycles. The summed E-state index contributed by atoms with van der Waals surface area (Å²) in [4.78, 5) is 33.2. The second-order valence-electron chi connectivity index (χ2n) is 2.75. The van der Waals surface area contributed by atoms with Gasteiger partial charge in [0.1, 0.15) is 6.04 Å². The van der Waals surface area contributed by atoms with Crippen molar-refractivity contribution in [3.8, 4) is 0 Å². The molecule has 0 aromatic carbocycles. The largest absolute Gasteiger partial charge is 0.480 e. The molecule has 1 N–H and O–H groups in total. The Bertz CT molecular complexity index is 248. The summed E-state index contributed by atoms with van der Waals surface area (Å²) in [5.74, 6) is -1.69. The molecule has 1 saturated heterocycles. The first-order valence-electron chi connectivity index (χ1n) is 3.56. The van der Waals surface area contributed by atoms with Crippen LogP contribution in [0.25, 0.3) is 0 Å². The first-order valence-corrected chi connectivity index (χ1v) is 3.56. The zero-order chi connectivity index (χ0) is 9.30. The number of likely N-dealkylation sites (tertiary alicyclic amines) is 1. The van der Waals surface area contributed by atoms with Crippen molar-refractivity contribution in [2.75, 3.05) is 6.54 Å². The average Bonchev–Trinajstić information content (AvgIpc) is 2.28. The van der Waals surface area contributed by atoms with Crippen LogP contribution in [-0.2, 0) is 14.4 Å². The maximum Gasteiger partial charge on any atom is 0.326 e. The molecule has 0 bridgehead atoms. The van der Waals surface area contributed by atoms with Gasteiger partial charge in [-0.3, -0.25) is 9.59 Å². The van der Waals surface area contributed by atoms with Crippen LogP contribution in [0.3, 0.4) is 0 Å². The quantitative estimate of drug-likeness (QED) is 0.555. The van der Waals surface area contributed by atoms with E-state index in [1.165, 1.54) is 6.92 Å². The number of nitrogens with zero attached hydrogens (tertiary/aromatic N) is 1. The van der Waals surface area contributed by atoms with E-state index in [2.05, 4.69) is 0 Å². The van der Waals surface area contributed by atoms with Crippen LogP contribution in [0.5, 0.6) is 0 Å². The number of hydrogen-bond acceptors (Lipinski definition) is 3. The Balaban J connectivity index is 2.70. The SMILES string of the molecule is C[C@@H](C(=O)O)N1CC(=O)CC1=O. The van der Waals surface area contributed by atoms with E-state index in [9.17, 15) is 14.4 Å². The van der Waals surface area contributed by atoms with Crippen molar-refractivity contribution in [2.45, 2.75) is 19.4 Å². The number of carboxylic acids is 1. The highest BCUT2D eigenvalue weighted by atomic mass is 16.4. The minimum Gasteiger partial charge on any atom is -0.480 e. The number of carboxylic acid groups (broad SMARTS) is 1. The van der Waals surface area contributed by atoms with Gasteiger partial charge in [-0.15, -0.1) is 0 Å². The van der Waals surface area contributed by atoms with Crippen LogP contribution < -0.4 is 0 Å². The van der Waals surface area contributed by atoms with E-state index in [1.54, 1.807) is 0 Å². The minimum absolute atomic E-state index is 0.0632. The predicted octanol–water partition coefficient (Wildman–Crippen LogP) is -0.739. The second-order valence-corrected chi connectivity index (χ2v) is 2.75. The average molecular weight is 171 g/mol. The van der Waals surface area contributed by atoms with Crippen LogP contribution in [-0.4, -0.2) is 40.3 Å². The van der Waals surface area contributed by atoms with Crippen LogP contribution in [0.1, 0.15) is 13.3 Å². The molecule has 66 valence electrons. The van der Waals surface area contributed by atoms with Gasteiger partial charge in [0.05, 0.1) is 13.0 Å². The summed E-state index contributed by atoms with van der Waals surface area (Å²) in [5.41, 5.74) is 0. The lowest BCUT2D eigenvalue weighted by Crippen LogP contribution is -2.39. The third-order valence-corrected chi connectivity index (χ3v) is 1.84. The van der Waals surface area contributed by atoms with Crippen molar-refractivity contribution in [3.05, 3.63) is 0 Å². The second kappa shape index (κ2) is 2.92. The van der Waals surface area contributed by atoms with E-state index in [0.717, 1.165) is 4.90 Å². The Labute approximate surface area is 69.0 Å². The summed E-state index contributed by atoms with van der Waals surface area (Å²) < 4.78 is 0. The molecule has 12 heavy (non-hydrogen) atoms. The normalized spacial score (nSPS) is 19.9. The lowest BCUT2D eigenvalue weighted by molar-refractivity contribution is -0.147. The molecule has 0 saturated carbocycles. The lowest BCUT2D eigenvalue weighted by atomic mass is 10.3. The smallest absolute Gasteiger partial charge is 0.326 e. The highest BCUT2D eigenvalue weighted by Crippen LogP contribution is 2.10. The van der Waals surface area contributed by atoms with Crippen molar-refractivity contribution >= 4 is 17.7 Å². The molecule has 1 fully saturated rings. The van der Waals surface area contributed by atoms with Crippen LogP contribution in [0, 0.1) is 0 Å². The van der Waals surface area contributed by atoms with Gasteiger partial charge in [-0.1, -0.05) is 0 Å². The Hall–Kier alpha value is -1.39. The van der Waals surface area contributed by atoms with Crippen molar-refractivity contribution in [1.29, 1.82) is 0 Å². The molecule has 0 spiro atoms. The fourth-order valence-electron chi connectivity index (χ4n) is 1.09. The molecule has 0 radical (unpaired) electrons. The maximum absolute atomic E-state index is 11.0. The molecule has 0 aliphatic carbocycles. The van der Waals surface area contributed by atoms with E-state index in [4.69, 9.17) is 5.11 Å². The number of ketones is 1. The van der Waals surface area contributed by atoms with E-state index in [1.807, 2.05) is 0 Å². The van der Waals surface area contributed by atoms with Gasteiger partial charge in [0, 0.05) is 0 Å². The summed E-state index contributed by atoms with van der Waals surface area (Å²) in [6.07, 6.45) is -0.155. The topological polar surface area (TPSA) is 74.7 Å². The van der Waals surface area contributed by atoms with Crippen LogP contribution in [0.4, 0.5) is 0 Å². The van der Waals surface area contributed by atoms with E-state index < -0.39 is 17.9 Å². The molecular formula is C7H9NO4. The number of carbonyl (C=O) groups excluding carboxylic acids is 2. The first kappa shape index (κ1) is 8.70. The van der Waals surface area contributed by atoms with Crippen molar-refractivity contribution in [1.82, 2.24) is 4.90 Å². The van der Waals surface area contributed by atoms with Gasteiger partial charge in [-0.25, -0.2) is 4.79 Å². The molecular weight excluding hydrogens is 162 g/mol. The lowest BCUT2D eigenvalue weighted by Gasteiger charge is -2.18. The number of rotatable bonds is 2. The number of hydrogen-bond donors (Lipinski definition) is 1. The fraction of sp³-hybridized carbons (Fsp3) is 0.571. The Kier molecular flexibility index (Phi) is 2.12. The summed E-state index contributed by atoms with van der Waals surface area (Å²) in [5, 5.41) is 8.54. The number of aliphatic carboxylic acids is 1. The molecule has 1 atom stereocenters. The molecule has 5 heteroatoms. The van der Waals surface area contributed by atoms with E-state index in [-0.39, 0.29) is 18.7 Å². The molecule has 1 aliphatic rings. The van der Waals surface area contributed by atoms with Gasteiger partial charge in [0.15, 0.2) is 5.78 Å². The van der Waals surface area contributed by atoms with Crippen LogP contribution >= 0.6 is 0 Å². The summed E-state index contributed by atoms with van der Waals surface area (Å²) in [7, 11) is 0. The zero-order valence-electron chi connectivity index (χ0n) is 6.61. The predicted molar refractivity (Wildman–Crippen MR) is 38.4 cm³/mol. The minimum atomic E-state index is -1.09. The highest BCUT2D eigenvalue weighted by Gasteiger charge is 2.33. The van der Waals surface area contributed by atoms with Gasteiger partial charge in [-0.2, -0.15) is 0 Å². The standard InChI is InChI=1S/C7H9NO4/c1-4(7(11)12)8-3-5(9)2-6(8)10/h4H,2-3H2,1H3,(H,11,12)/t4-/m0/s1. The van der Waals surface area contributed by atoms with E-state index >= 15 is 0 Å². The van der Waals surface area contributed by atoms with E-state index in [0.29, 0.717) is 0 Å². The zero-order valence-corrected chi connectivity index (χ0v) is 6.61. The maximum atomic E-state index is 11.0. The number of amides is 1. The monoisotopic (exact) mass is 171 g/mol. The highest BCUT2D eigenvalue weighted by molar-refractivity contribution is 6.06. The van der Waals surface area contributed by atoms with Gasteiger partial charge in [-0.05, 0) is 6.92 Å². The Morgan fingerprint density at radius 2 is 2.17 bits per heavy atom. The molecule has 1 rings (SSSR count). The number of carbonyl (C=O) groups is 3. The Morgan fingerprint density at radius 3 is 2.50 bits per heavy atom. The third kappa shape index (κ3) is 1.44. The Morgan fingerprint density at radius 1 is 1.58 bits per heavy atom. The van der Waals surface area contributed by atoms with Crippen molar-refractivity contribution < 1.29 is 19.5 Å². The fourth-order valence-corrected chi connectivity index (χ4v) is 1.09. The van der Waals surface area contributed by atoms with Gasteiger partial charge in [0.2, 0.25) is 5.91 Å². The van der Waals surface area contributed by atoms with Gasteiger partial charge >= 0.3 is 5.97 Å². The number of Topliss-reactive ketones (excluding diaryl/α,β-unsaturated/α-hetero) is 1. The van der Waals surface area contributed by atoms with Crippen LogP contribution in [0.15, 0.2) is 0 Å². The molecule has 1 amide bonds. The summed E-state index contributed by atoms with van der Waals surface area (Å²) in [6.45, 7) is 1.32. The molecule has 5 nitrogen and oxygen atoms in total.